The van der Waals surface area contributed by atoms with Gasteiger partial charge in [0.2, 0.25) is 0 Å². The quantitative estimate of drug-likeness (QED) is 0.498. The Bertz CT molecular complexity index is 168. The Balaban J connectivity index is 3.63. The Hall–Kier alpha value is -0.390. The second-order valence-electron chi connectivity index (χ2n) is 3.15. The molecule has 0 spiro atoms. The van der Waals surface area contributed by atoms with E-state index in [9.17, 15) is 0 Å². The van der Waals surface area contributed by atoms with Crippen molar-refractivity contribution in [3.8, 4) is 0 Å². The number of hydrogen-bond donors (Lipinski definition) is 1. The van der Waals surface area contributed by atoms with E-state index in [1.165, 1.54) is 0 Å². The normalized spacial score (nSPS) is 10.1. The maximum absolute atomic E-state index is 5.26. The van der Waals surface area contributed by atoms with Crippen LogP contribution in [0.25, 0.3) is 0 Å². The summed E-state index contributed by atoms with van der Waals surface area (Å²) in [5.74, 6) is 0. The van der Waals surface area contributed by atoms with E-state index in [0.717, 1.165) is 37.8 Å². The predicted octanol–water partition coefficient (Wildman–Crippen LogP) is 0.866. The summed E-state index contributed by atoms with van der Waals surface area (Å²) < 4.78 is 9.98. The number of rotatable bonds is 8. The molecule has 0 saturated heterocycles. The molecular formula is C10H22N2O2S. The summed E-state index contributed by atoms with van der Waals surface area (Å²) in [7, 11) is 3.40. The van der Waals surface area contributed by atoms with Gasteiger partial charge in [0.1, 0.15) is 0 Å². The Morgan fingerprint density at radius 1 is 1.27 bits per heavy atom. The van der Waals surface area contributed by atoms with Crippen molar-refractivity contribution in [1.29, 1.82) is 0 Å². The van der Waals surface area contributed by atoms with E-state index in [2.05, 4.69) is 17.1 Å². The molecule has 0 aromatic rings. The molecule has 0 aromatic carbocycles. The van der Waals surface area contributed by atoms with E-state index in [1.807, 2.05) is 0 Å². The SMILES string of the molecule is CCN(CCOC)C(=S)NCCCOC. The van der Waals surface area contributed by atoms with Gasteiger partial charge in [-0.15, -0.1) is 0 Å². The van der Waals surface area contributed by atoms with Crippen molar-refractivity contribution in [3.63, 3.8) is 0 Å². The highest BCUT2D eigenvalue weighted by Crippen LogP contribution is 1.90. The minimum atomic E-state index is 0.702. The molecule has 15 heavy (non-hydrogen) atoms. The zero-order chi connectivity index (χ0) is 11.5. The van der Waals surface area contributed by atoms with Crippen molar-refractivity contribution in [2.45, 2.75) is 13.3 Å². The average molecular weight is 234 g/mol. The number of hydrogen-bond acceptors (Lipinski definition) is 3. The van der Waals surface area contributed by atoms with E-state index in [0.29, 0.717) is 6.61 Å². The number of ether oxygens (including phenoxy) is 2. The lowest BCUT2D eigenvalue weighted by atomic mass is 10.4. The average Bonchev–Trinajstić information content (AvgIpc) is 2.25. The molecule has 0 bridgehead atoms. The van der Waals surface area contributed by atoms with Crippen LogP contribution >= 0.6 is 12.2 Å². The van der Waals surface area contributed by atoms with Crippen LogP contribution < -0.4 is 5.32 Å². The highest BCUT2D eigenvalue weighted by atomic mass is 32.1. The second-order valence-corrected chi connectivity index (χ2v) is 3.54. The van der Waals surface area contributed by atoms with Crippen molar-refractivity contribution in [1.82, 2.24) is 10.2 Å². The van der Waals surface area contributed by atoms with Gasteiger partial charge in [0.15, 0.2) is 5.11 Å². The molecule has 90 valence electrons. The highest BCUT2D eigenvalue weighted by molar-refractivity contribution is 7.80. The van der Waals surface area contributed by atoms with Crippen LogP contribution in [0.1, 0.15) is 13.3 Å². The van der Waals surface area contributed by atoms with Crippen LogP contribution in [0.4, 0.5) is 0 Å². The molecule has 0 amide bonds. The number of thiocarbonyl (C=S) groups is 1. The van der Waals surface area contributed by atoms with E-state index in [4.69, 9.17) is 21.7 Å². The van der Waals surface area contributed by atoms with Gasteiger partial charge in [0, 0.05) is 40.5 Å². The van der Waals surface area contributed by atoms with E-state index in [-0.39, 0.29) is 0 Å². The molecule has 0 saturated carbocycles. The summed E-state index contributed by atoms with van der Waals surface area (Å²) in [4.78, 5) is 2.09. The standard InChI is InChI=1S/C10H22N2O2S/c1-4-12(7-9-14-3)10(15)11-6-5-8-13-2/h4-9H2,1-3H3,(H,11,15). The first-order valence-electron chi connectivity index (χ1n) is 5.26. The molecule has 0 aliphatic carbocycles. The largest absolute Gasteiger partial charge is 0.385 e. The Morgan fingerprint density at radius 3 is 2.47 bits per heavy atom. The minimum Gasteiger partial charge on any atom is -0.385 e. The van der Waals surface area contributed by atoms with Crippen LogP contribution in [-0.2, 0) is 9.47 Å². The maximum Gasteiger partial charge on any atom is 0.169 e. The molecule has 0 rings (SSSR count). The number of methoxy groups -OCH3 is 2. The Kier molecular flexibility index (Phi) is 9.88. The first-order chi connectivity index (χ1) is 7.26. The Morgan fingerprint density at radius 2 is 1.93 bits per heavy atom. The van der Waals surface area contributed by atoms with Gasteiger partial charge >= 0.3 is 0 Å². The number of likely N-dealkylation sites (N-methyl/N-ethyl adjacent to an activating group) is 1. The summed E-state index contributed by atoms with van der Waals surface area (Å²) in [6, 6.07) is 0. The van der Waals surface area contributed by atoms with Crippen molar-refractivity contribution in [3.05, 3.63) is 0 Å². The third kappa shape index (κ3) is 7.53. The zero-order valence-corrected chi connectivity index (χ0v) is 10.7. The molecule has 0 radical (unpaired) electrons. The number of nitrogens with zero attached hydrogens (tertiary/aromatic N) is 1. The fourth-order valence-electron chi connectivity index (χ4n) is 1.13. The zero-order valence-electron chi connectivity index (χ0n) is 9.91. The van der Waals surface area contributed by atoms with Gasteiger partial charge in [0.25, 0.3) is 0 Å². The summed E-state index contributed by atoms with van der Waals surface area (Å²) >= 11 is 5.26. The molecule has 0 atom stereocenters. The summed E-state index contributed by atoms with van der Waals surface area (Å²) in [6.45, 7) is 6.14. The minimum absolute atomic E-state index is 0.702. The van der Waals surface area contributed by atoms with Gasteiger partial charge in [-0.05, 0) is 25.6 Å². The van der Waals surface area contributed by atoms with Crippen molar-refractivity contribution >= 4 is 17.3 Å². The van der Waals surface area contributed by atoms with Gasteiger partial charge < -0.3 is 19.7 Å². The molecule has 0 fully saturated rings. The monoisotopic (exact) mass is 234 g/mol. The fraction of sp³-hybridized carbons (Fsp3) is 0.900. The smallest absolute Gasteiger partial charge is 0.169 e. The number of nitrogens with one attached hydrogen (secondary N) is 1. The fourth-order valence-corrected chi connectivity index (χ4v) is 1.45. The van der Waals surface area contributed by atoms with Crippen molar-refractivity contribution < 1.29 is 9.47 Å². The topological polar surface area (TPSA) is 33.7 Å². The van der Waals surface area contributed by atoms with Gasteiger partial charge in [-0.3, -0.25) is 0 Å². The molecule has 0 aliphatic heterocycles. The lowest BCUT2D eigenvalue weighted by molar-refractivity contribution is 0.176. The van der Waals surface area contributed by atoms with E-state index in [1.54, 1.807) is 14.2 Å². The summed E-state index contributed by atoms with van der Waals surface area (Å²) in [6.07, 6.45) is 0.971. The van der Waals surface area contributed by atoms with Crippen LogP contribution in [0.2, 0.25) is 0 Å². The van der Waals surface area contributed by atoms with Crippen molar-refractivity contribution in [2.24, 2.45) is 0 Å². The summed E-state index contributed by atoms with van der Waals surface area (Å²) in [5, 5.41) is 4.00. The first-order valence-corrected chi connectivity index (χ1v) is 5.67. The highest BCUT2D eigenvalue weighted by Gasteiger charge is 2.05. The van der Waals surface area contributed by atoms with Crippen LogP contribution in [-0.4, -0.2) is 57.1 Å². The first kappa shape index (κ1) is 14.6. The van der Waals surface area contributed by atoms with Gasteiger partial charge in [0.05, 0.1) is 6.61 Å². The van der Waals surface area contributed by atoms with Gasteiger partial charge in [-0.2, -0.15) is 0 Å². The van der Waals surface area contributed by atoms with Crippen molar-refractivity contribution in [2.75, 3.05) is 47.1 Å². The molecule has 5 heteroatoms. The molecule has 0 aliphatic rings. The van der Waals surface area contributed by atoms with Gasteiger partial charge in [-0.25, -0.2) is 0 Å². The second kappa shape index (κ2) is 10.1. The molecular weight excluding hydrogens is 212 g/mol. The van der Waals surface area contributed by atoms with Gasteiger partial charge in [-0.1, -0.05) is 0 Å². The lowest BCUT2D eigenvalue weighted by Crippen LogP contribution is -2.41. The van der Waals surface area contributed by atoms with E-state index >= 15 is 0 Å². The lowest BCUT2D eigenvalue weighted by Gasteiger charge is -2.23. The molecule has 0 unspecified atom stereocenters. The van der Waals surface area contributed by atoms with Crippen LogP contribution in [0.15, 0.2) is 0 Å². The molecule has 1 N–H and O–H groups in total. The molecule has 0 aromatic heterocycles. The predicted molar refractivity (Wildman–Crippen MR) is 66.2 cm³/mol. The maximum atomic E-state index is 5.26. The molecule has 4 nitrogen and oxygen atoms in total. The van der Waals surface area contributed by atoms with Crippen LogP contribution in [0.3, 0.4) is 0 Å². The molecule has 0 heterocycles. The third-order valence-electron chi connectivity index (χ3n) is 2.04. The summed E-state index contributed by atoms with van der Waals surface area (Å²) in [5.41, 5.74) is 0. The van der Waals surface area contributed by atoms with Crippen LogP contribution in [0.5, 0.6) is 0 Å². The van der Waals surface area contributed by atoms with E-state index < -0.39 is 0 Å². The Labute approximate surface area is 97.9 Å². The third-order valence-corrected chi connectivity index (χ3v) is 2.44. The van der Waals surface area contributed by atoms with Crippen LogP contribution in [0, 0.1) is 0 Å².